The maximum Gasteiger partial charge on any atom is 0.0365 e. The van der Waals surface area contributed by atoms with E-state index in [1.54, 1.807) is 11.1 Å². The molecule has 0 N–H and O–H groups in total. The second-order valence-corrected chi connectivity index (χ2v) is 11.1. The van der Waals surface area contributed by atoms with Crippen LogP contribution in [-0.2, 0) is 6.42 Å². The van der Waals surface area contributed by atoms with Crippen LogP contribution in [-0.4, -0.2) is 0 Å². The topological polar surface area (TPSA) is 0 Å². The summed E-state index contributed by atoms with van der Waals surface area (Å²) in [6, 6.07) is 20.5. The first-order chi connectivity index (χ1) is 15.0. The minimum atomic E-state index is 0.496. The Labute approximate surface area is 196 Å². The molecule has 0 saturated heterocycles. The molecule has 0 saturated carbocycles. The predicted molar refractivity (Wildman–Crippen MR) is 138 cm³/mol. The molecule has 0 fully saturated rings. The van der Waals surface area contributed by atoms with Crippen molar-refractivity contribution in [3.63, 3.8) is 0 Å². The van der Waals surface area contributed by atoms with Gasteiger partial charge in [0.15, 0.2) is 0 Å². The lowest BCUT2D eigenvalue weighted by atomic mass is 9.88. The third kappa shape index (κ3) is 2.84. The zero-order chi connectivity index (χ0) is 21.3. The number of allylic oxidation sites excluding steroid dienone is 2. The molecule has 1 aromatic heterocycles. The van der Waals surface area contributed by atoms with E-state index in [1.165, 1.54) is 58.4 Å². The van der Waals surface area contributed by atoms with Crippen molar-refractivity contribution in [2.75, 3.05) is 0 Å². The first-order valence-corrected chi connectivity index (χ1v) is 12.7. The Morgan fingerprint density at radius 2 is 1.55 bits per heavy atom. The van der Waals surface area contributed by atoms with Crippen LogP contribution >= 0.6 is 27.3 Å². The van der Waals surface area contributed by atoms with E-state index in [9.17, 15) is 0 Å². The average molecular weight is 485 g/mol. The molecule has 4 aromatic rings. The van der Waals surface area contributed by atoms with E-state index >= 15 is 0 Å². The highest BCUT2D eigenvalue weighted by Gasteiger charge is 2.30. The smallest absolute Gasteiger partial charge is 0.0365 e. The number of benzene rings is 3. The number of halogens is 1. The largest absolute Gasteiger partial charge is 0.140 e. The summed E-state index contributed by atoms with van der Waals surface area (Å²) in [5.74, 6) is 0.496. The van der Waals surface area contributed by atoms with Crippen LogP contribution in [0, 0.1) is 13.8 Å². The molecule has 3 aromatic carbocycles. The van der Waals surface area contributed by atoms with Gasteiger partial charge in [-0.3, -0.25) is 0 Å². The summed E-state index contributed by atoms with van der Waals surface area (Å²) in [5.41, 5.74) is 13.4. The third-order valence-electron chi connectivity index (χ3n) is 7.43. The molecule has 1 heterocycles. The second-order valence-electron chi connectivity index (χ2n) is 9.07. The summed E-state index contributed by atoms with van der Waals surface area (Å²) in [6.45, 7) is 6.84. The summed E-state index contributed by atoms with van der Waals surface area (Å²) in [6.07, 6.45) is 3.37. The van der Waals surface area contributed by atoms with Gasteiger partial charge in [-0.05, 0) is 107 Å². The van der Waals surface area contributed by atoms with Gasteiger partial charge in [-0.1, -0.05) is 54.1 Å². The Kier molecular flexibility index (Phi) is 4.52. The zero-order valence-electron chi connectivity index (χ0n) is 18.2. The fourth-order valence-electron chi connectivity index (χ4n) is 5.77. The fraction of sp³-hybridized carbons (Fsp3) is 0.241. The minimum Gasteiger partial charge on any atom is -0.140 e. The third-order valence-corrected chi connectivity index (χ3v) is 9.45. The van der Waals surface area contributed by atoms with Crippen molar-refractivity contribution >= 4 is 42.9 Å². The van der Waals surface area contributed by atoms with Gasteiger partial charge in [0.25, 0.3) is 0 Å². The lowest BCUT2D eigenvalue weighted by Crippen LogP contribution is -1.98. The molecule has 0 bridgehead atoms. The monoisotopic (exact) mass is 484 g/mol. The highest BCUT2D eigenvalue weighted by atomic mass is 79.9. The Morgan fingerprint density at radius 1 is 0.903 bits per heavy atom. The quantitative estimate of drug-likeness (QED) is 0.271. The summed E-state index contributed by atoms with van der Waals surface area (Å²) in [4.78, 5) is 1.43. The molecule has 0 nitrogen and oxygen atoms in total. The normalized spacial score (nSPS) is 15.0. The van der Waals surface area contributed by atoms with Crippen LogP contribution in [0.5, 0.6) is 0 Å². The lowest BCUT2D eigenvalue weighted by Gasteiger charge is -2.16. The van der Waals surface area contributed by atoms with Gasteiger partial charge >= 0.3 is 0 Å². The number of aryl methyl sites for hydroxylation is 2. The zero-order valence-corrected chi connectivity index (χ0v) is 20.6. The molecule has 154 valence electrons. The van der Waals surface area contributed by atoms with Gasteiger partial charge in [0.2, 0.25) is 0 Å². The van der Waals surface area contributed by atoms with Crippen molar-refractivity contribution in [1.29, 1.82) is 0 Å². The molecule has 6 rings (SSSR count). The summed E-state index contributed by atoms with van der Waals surface area (Å²) in [5, 5.41) is 1.42. The van der Waals surface area contributed by atoms with Gasteiger partial charge in [-0.15, -0.1) is 11.3 Å². The van der Waals surface area contributed by atoms with Crippen molar-refractivity contribution in [3.05, 3.63) is 97.3 Å². The van der Waals surface area contributed by atoms with Gasteiger partial charge in [-0.25, -0.2) is 0 Å². The van der Waals surface area contributed by atoms with E-state index in [4.69, 9.17) is 0 Å². The molecule has 31 heavy (non-hydrogen) atoms. The molecule has 0 spiro atoms. The maximum absolute atomic E-state index is 3.99. The van der Waals surface area contributed by atoms with Crippen LogP contribution < -0.4 is 0 Å². The summed E-state index contributed by atoms with van der Waals surface area (Å²) >= 11 is 5.93. The van der Waals surface area contributed by atoms with Crippen LogP contribution in [0.3, 0.4) is 0 Å². The van der Waals surface area contributed by atoms with Crippen molar-refractivity contribution in [2.45, 2.75) is 46.0 Å². The lowest BCUT2D eigenvalue weighted by molar-refractivity contribution is 0.750. The summed E-state index contributed by atoms with van der Waals surface area (Å²) < 4.78 is 2.75. The molecule has 2 heteroatoms. The second kappa shape index (κ2) is 7.18. The van der Waals surface area contributed by atoms with Gasteiger partial charge in [-0.2, -0.15) is 0 Å². The van der Waals surface area contributed by atoms with E-state index < -0.39 is 0 Å². The SMILES string of the molecule is CC1=C(CCC2c3ccccc3-c3ccccc32)c2cc3sc(C)c(C)c3c(Br)c2C1. The molecule has 0 atom stereocenters. The van der Waals surface area contributed by atoms with E-state index in [1.807, 2.05) is 11.3 Å². The molecular formula is C29H25BrS. The van der Waals surface area contributed by atoms with Crippen molar-refractivity contribution < 1.29 is 0 Å². The molecular weight excluding hydrogens is 460 g/mol. The molecule has 0 aliphatic heterocycles. The van der Waals surface area contributed by atoms with Gasteiger partial charge < -0.3 is 0 Å². The number of hydrogen-bond acceptors (Lipinski definition) is 1. The van der Waals surface area contributed by atoms with Crippen LogP contribution in [0.2, 0.25) is 0 Å². The van der Waals surface area contributed by atoms with Crippen molar-refractivity contribution in [1.82, 2.24) is 0 Å². The summed E-state index contributed by atoms with van der Waals surface area (Å²) in [7, 11) is 0. The Balaban J connectivity index is 1.38. The Hall–Kier alpha value is -2.16. The fourth-order valence-corrected chi connectivity index (χ4v) is 7.88. The highest BCUT2D eigenvalue weighted by molar-refractivity contribution is 9.10. The van der Waals surface area contributed by atoms with E-state index in [-0.39, 0.29) is 0 Å². The average Bonchev–Trinajstić information content (AvgIpc) is 3.37. The predicted octanol–water partition coefficient (Wildman–Crippen LogP) is 9.20. The minimum absolute atomic E-state index is 0.496. The number of fused-ring (bicyclic) bond motifs is 5. The van der Waals surface area contributed by atoms with Crippen molar-refractivity contribution in [2.24, 2.45) is 0 Å². The molecule has 2 aliphatic rings. The Morgan fingerprint density at radius 3 is 2.23 bits per heavy atom. The van der Waals surface area contributed by atoms with E-state index in [2.05, 4.69) is 91.3 Å². The van der Waals surface area contributed by atoms with Gasteiger partial charge in [0.1, 0.15) is 0 Å². The first kappa shape index (κ1) is 19.5. The maximum atomic E-state index is 3.99. The van der Waals surface area contributed by atoms with E-state index in [0.717, 1.165) is 19.3 Å². The van der Waals surface area contributed by atoms with Crippen LogP contribution in [0.1, 0.15) is 58.4 Å². The number of rotatable bonds is 3. The molecule has 0 radical (unpaired) electrons. The number of thiophene rings is 1. The van der Waals surface area contributed by atoms with Crippen LogP contribution in [0.25, 0.3) is 26.8 Å². The molecule has 2 aliphatic carbocycles. The van der Waals surface area contributed by atoms with Crippen molar-refractivity contribution in [3.8, 4) is 11.1 Å². The number of hydrogen-bond donors (Lipinski definition) is 0. The van der Waals surface area contributed by atoms with Crippen LogP contribution in [0.15, 0.2) is 64.6 Å². The van der Waals surface area contributed by atoms with Crippen LogP contribution in [0.4, 0.5) is 0 Å². The highest BCUT2D eigenvalue weighted by Crippen LogP contribution is 2.50. The standard InChI is InChI=1S/C29H25BrS/c1-16-14-26-25(15-27-28(29(26)30)17(2)18(3)31-27)19(16)12-13-24-22-10-6-4-8-20(22)21-9-5-7-11-23(21)24/h4-11,15,24H,12-14H2,1-3H3. The first-order valence-electron chi connectivity index (χ1n) is 11.1. The molecule has 0 unspecified atom stereocenters. The van der Waals surface area contributed by atoms with Gasteiger partial charge in [0, 0.05) is 25.4 Å². The Bertz CT molecular complexity index is 1360. The van der Waals surface area contributed by atoms with Gasteiger partial charge in [0.05, 0.1) is 0 Å². The molecule has 0 amide bonds. The van der Waals surface area contributed by atoms with E-state index in [0.29, 0.717) is 5.92 Å².